The minimum absolute atomic E-state index is 0.264. The second kappa shape index (κ2) is 9.95. The molecular formula is C23H25BrN4O4. The first-order valence-corrected chi connectivity index (χ1v) is 10.9. The molecule has 0 spiro atoms. The summed E-state index contributed by atoms with van der Waals surface area (Å²) >= 11 is 3.40. The molecule has 3 aromatic rings. The molecule has 0 fully saturated rings. The Morgan fingerprint density at radius 1 is 1.28 bits per heavy atom. The molecule has 0 aliphatic carbocycles. The molecule has 0 radical (unpaired) electrons. The second-order valence-corrected chi connectivity index (χ2v) is 8.22. The summed E-state index contributed by atoms with van der Waals surface area (Å²) in [5, 5.41) is 4.89. The zero-order chi connectivity index (χ0) is 23.4. The molecule has 32 heavy (non-hydrogen) atoms. The molecule has 8 nitrogen and oxygen atoms in total. The maximum absolute atomic E-state index is 13.1. The van der Waals surface area contributed by atoms with Crippen molar-refractivity contribution in [1.82, 2.24) is 9.66 Å². The average Bonchev–Trinajstić information content (AvgIpc) is 2.78. The molecule has 0 saturated heterocycles. The number of benzene rings is 2. The number of aromatic nitrogens is 2. The highest BCUT2D eigenvalue weighted by molar-refractivity contribution is 9.10. The third kappa shape index (κ3) is 4.99. The van der Waals surface area contributed by atoms with Crippen LogP contribution in [0, 0.1) is 0 Å². The molecule has 1 heterocycles. The van der Waals surface area contributed by atoms with Crippen LogP contribution in [0.3, 0.4) is 0 Å². The second-order valence-electron chi connectivity index (χ2n) is 7.30. The van der Waals surface area contributed by atoms with Crippen molar-refractivity contribution in [2.75, 3.05) is 26.1 Å². The van der Waals surface area contributed by atoms with E-state index in [2.05, 4.69) is 26.0 Å². The molecule has 3 rings (SSSR count). The van der Waals surface area contributed by atoms with Gasteiger partial charge in [-0.25, -0.2) is 9.78 Å². The van der Waals surface area contributed by atoms with E-state index in [1.54, 1.807) is 25.1 Å². The van der Waals surface area contributed by atoms with Gasteiger partial charge in [-0.1, -0.05) is 22.9 Å². The number of ether oxygens (including phenoxy) is 2. The van der Waals surface area contributed by atoms with Gasteiger partial charge in [0.25, 0.3) is 5.56 Å². The minimum atomic E-state index is -0.807. The van der Waals surface area contributed by atoms with E-state index < -0.39 is 12.1 Å². The molecule has 168 valence electrons. The Kier molecular flexibility index (Phi) is 7.29. The van der Waals surface area contributed by atoms with E-state index in [1.807, 2.05) is 44.1 Å². The number of esters is 1. The molecule has 2 aromatic carbocycles. The molecule has 0 aliphatic heterocycles. The maximum atomic E-state index is 13.1. The largest absolute Gasteiger partial charge is 0.478 e. The van der Waals surface area contributed by atoms with Crippen LogP contribution in [-0.4, -0.2) is 49.2 Å². The Labute approximate surface area is 194 Å². The van der Waals surface area contributed by atoms with Gasteiger partial charge < -0.3 is 14.4 Å². The van der Waals surface area contributed by atoms with Crippen LogP contribution < -0.4 is 15.2 Å². The quantitative estimate of drug-likeness (QED) is 0.363. The Bertz CT molecular complexity index is 1240. The number of aryl methyl sites for hydroxylation is 1. The Morgan fingerprint density at radius 2 is 2.03 bits per heavy atom. The Morgan fingerprint density at radius 3 is 2.69 bits per heavy atom. The van der Waals surface area contributed by atoms with Gasteiger partial charge in [-0.05, 0) is 37.3 Å². The first kappa shape index (κ1) is 23.5. The zero-order valence-electron chi connectivity index (χ0n) is 18.6. The maximum Gasteiger partial charge on any atom is 0.346 e. The van der Waals surface area contributed by atoms with Gasteiger partial charge in [-0.15, -0.1) is 0 Å². The van der Waals surface area contributed by atoms with Gasteiger partial charge in [0.2, 0.25) is 0 Å². The number of halogens is 1. The van der Waals surface area contributed by atoms with Crippen LogP contribution in [0.1, 0.15) is 25.2 Å². The van der Waals surface area contributed by atoms with Crippen molar-refractivity contribution in [3.63, 3.8) is 0 Å². The molecule has 1 atom stereocenters. The fourth-order valence-corrected chi connectivity index (χ4v) is 3.44. The monoisotopic (exact) mass is 500 g/mol. The van der Waals surface area contributed by atoms with Gasteiger partial charge in [-0.3, -0.25) is 4.79 Å². The number of carbonyl (C=O) groups excluding carboxylic acids is 1. The van der Waals surface area contributed by atoms with Crippen LogP contribution in [0.15, 0.2) is 50.8 Å². The lowest BCUT2D eigenvalue weighted by Crippen LogP contribution is -2.25. The number of methoxy groups -OCH3 is 1. The van der Waals surface area contributed by atoms with Crippen LogP contribution in [0.5, 0.6) is 5.75 Å². The van der Waals surface area contributed by atoms with Crippen LogP contribution in [-0.2, 0) is 16.0 Å². The third-order valence-electron chi connectivity index (χ3n) is 4.85. The minimum Gasteiger partial charge on any atom is -0.478 e. The number of hydrogen-bond donors (Lipinski definition) is 0. The summed E-state index contributed by atoms with van der Waals surface area (Å²) < 4.78 is 12.7. The summed E-state index contributed by atoms with van der Waals surface area (Å²) in [5.74, 6) is 0.494. The predicted molar refractivity (Wildman–Crippen MR) is 129 cm³/mol. The SMILES string of the molecule is CCc1nc2ccc(Br)cc2c(=O)n1N=Cc1ccc(N(C)C)cc1O[C@H](C)C(=O)OC. The lowest BCUT2D eigenvalue weighted by molar-refractivity contribution is -0.147. The molecule has 0 bridgehead atoms. The predicted octanol–water partition coefficient (Wildman–Crippen LogP) is 3.61. The summed E-state index contributed by atoms with van der Waals surface area (Å²) in [4.78, 5) is 31.5. The van der Waals surface area contributed by atoms with E-state index in [1.165, 1.54) is 18.0 Å². The highest BCUT2D eigenvalue weighted by Crippen LogP contribution is 2.25. The molecule has 0 amide bonds. The van der Waals surface area contributed by atoms with Crippen LogP contribution in [0.25, 0.3) is 10.9 Å². The van der Waals surface area contributed by atoms with Gasteiger partial charge in [-0.2, -0.15) is 9.78 Å². The van der Waals surface area contributed by atoms with Gasteiger partial charge in [0, 0.05) is 42.3 Å². The van der Waals surface area contributed by atoms with Crippen molar-refractivity contribution in [2.45, 2.75) is 26.4 Å². The number of rotatable bonds is 7. The van der Waals surface area contributed by atoms with Crippen LogP contribution in [0.4, 0.5) is 5.69 Å². The first-order chi connectivity index (χ1) is 15.2. The van der Waals surface area contributed by atoms with Crippen LogP contribution in [0.2, 0.25) is 0 Å². The van der Waals surface area contributed by atoms with Crippen molar-refractivity contribution >= 4 is 44.7 Å². The third-order valence-corrected chi connectivity index (χ3v) is 5.35. The molecule has 0 unspecified atom stereocenters. The highest BCUT2D eigenvalue weighted by atomic mass is 79.9. The van der Waals surface area contributed by atoms with E-state index in [4.69, 9.17) is 9.47 Å². The highest BCUT2D eigenvalue weighted by Gasteiger charge is 2.17. The van der Waals surface area contributed by atoms with Gasteiger partial charge >= 0.3 is 5.97 Å². The van der Waals surface area contributed by atoms with E-state index in [9.17, 15) is 9.59 Å². The summed E-state index contributed by atoms with van der Waals surface area (Å²) in [6.45, 7) is 3.52. The zero-order valence-corrected chi connectivity index (χ0v) is 20.2. The first-order valence-electron chi connectivity index (χ1n) is 10.1. The van der Waals surface area contributed by atoms with E-state index in [0.29, 0.717) is 34.5 Å². The molecule has 0 saturated carbocycles. The number of nitrogens with zero attached hydrogens (tertiary/aromatic N) is 4. The van der Waals surface area contributed by atoms with Gasteiger partial charge in [0.05, 0.1) is 24.2 Å². The normalized spacial score (nSPS) is 12.2. The lowest BCUT2D eigenvalue weighted by Gasteiger charge is -2.18. The Balaban J connectivity index is 2.08. The van der Waals surface area contributed by atoms with E-state index in [0.717, 1.165) is 10.2 Å². The van der Waals surface area contributed by atoms with Crippen molar-refractivity contribution in [3.8, 4) is 5.75 Å². The summed E-state index contributed by atoms with van der Waals surface area (Å²) in [6, 6.07) is 10.9. The van der Waals surface area contributed by atoms with E-state index in [-0.39, 0.29) is 5.56 Å². The fraction of sp³-hybridized carbons (Fsp3) is 0.304. The van der Waals surface area contributed by atoms with E-state index >= 15 is 0 Å². The van der Waals surface area contributed by atoms with Gasteiger partial charge in [0.1, 0.15) is 11.6 Å². The summed E-state index contributed by atoms with van der Waals surface area (Å²) in [7, 11) is 5.12. The number of hydrogen-bond acceptors (Lipinski definition) is 7. The van der Waals surface area contributed by atoms with Gasteiger partial charge in [0.15, 0.2) is 6.10 Å². The standard InChI is InChI=1S/C23H25BrN4O4/c1-6-21-26-19-10-8-16(24)11-18(19)22(29)28(21)25-13-15-7-9-17(27(3)4)12-20(15)32-14(2)23(30)31-5/h7-14H,6H2,1-5H3/t14-/m1/s1. The molecule has 1 aromatic heterocycles. The fourth-order valence-electron chi connectivity index (χ4n) is 3.08. The van der Waals surface area contributed by atoms with Crippen molar-refractivity contribution in [2.24, 2.45) is 5.10 Å². The van der Waals surface area contributed by atoms with Crippen molar-refractivity contribution in [1.29, 1.82) is 0 Å². The lowest BCUT2D eigenvalue weighted by atomic mass is 10.2. The molecule has 0 aliphatic rings. The van der Waals surface area contributed by atoms with Crippen molar-refractivity contribution < 1.29 is 14.3 Å². The Hall–Kier alpha value is -3.20. The topological polar surface area (TPSA) is 86.0 Å². The summed E-state index contributed by atoms with van der Waals surface area (Å²) in [5.41, 5.74) is 1.85. The van der Waals surface area contributed by atoms with Crippen molar-refractivity contribution in [3.05, 3.63) is 62.6 Å². The average molecular weight is 501 g/mol. The number of fused-ring (bicyclic) bond motifs is 1. The molecular weight excluding hydrogens is 476 g/mol. The number of anilines is 1. The smallest absolute Gasteiger partial charge is 0.346 e. The molecule has 0 N–H and O–H groups in total. The molecule has 9 heteroatoms. The van der Waals surface area contributed by atoms with Crippen LogP contribution >= 0.6 is 15.9 Å². The summed E-state index contributed by atoms with van der Waals surface area (Å²) in [6.07, 6.45) is 1.25. The number of carbonyl (C=O) groups is 1.